The minimum Gasteiger partial charge on any atom is -0.363 e. The highest BCUT2D eigenvalue weighted by Crippen LogP contribution is 2.13. The molecule has 3 heterocycles. The van der Waals surface area contributed by atoms with Crippen molar-refractivity contribution >= 4 is 28.9 Å². The van der Waals surface area contributed by atoms with Crippen LogP contribution in [-0.4, -0.2) is 43.2 Å². The van der Waals surface area contributed by atoms with Gasteiger partial charge in [-0.25, -0.2) is 15.0 Å². The van der Waals surface area contributed by atoms with Crippen LogP contribution in [-0.2, 0) is 16.0 Å². The number of Topliss-reactive ketones (excluding diaryl/α,β-unsaturated/α-hetero) is 1. The number of hydrogen-bond donors (Lipinski definition) is 2. The number of aryl methyl sites for hydroxylation is 1. The van der Waals surface area contributed by atoms with Crippen molar-refractivity contribution < 1.29 is 14.4 Å². The van der Waals surface area contributed by atoms with Gasteiger partial charge in [0.25, 0.3) is 11.8 Å². The first kappa shape index (κ1) is 18.4. The summed E-state index contributed by atoms with van der Waals surface area (Å²) in [4.78, 5) is 48.8. The molecule has 3 rings (SSSR count). The number of nitrogens with two attached hydrogens (primary N) is 1. The Bertz CT molecular complexity index is 968. The van der Waals surface area contributed by atoms with E-state index >= 15 is 0 Å². The average molecular weight is 384 g/mol. The Balaban J connectivity index is 1.88. The molecule has 0 aliphatic rings. The fourth-order valence-electron chi connectivity index (χ4n) is 2.54. The van der Waals surface area contributed by atoms with Gasteiger partial charge in [-0.2, -0.15) is 0 Å². The molecule has 0 aliphatic carbocycles. The Morgan fingerprint density at radius 1 is 1.26 bits per heavy atom. The maximum absolute atomic E-state index is 12.8. The maximum atomic E-state index is 12.8. The highest BCUT2D eigenvalue weighted by atomic mass is 32.1. The summed E-state index contributed by atoms with van der Waals surface area (Å²) in [6.07, 6.45) is 3.04. The van der Waals surface area contributed by atoms with Crippen molar-refractivity contribution in [1.29, 1.82) is 0 Å². The van der Waals surface area contributed by atoms with Crippen LogP contribution in [0, 0.1) is 6.92 Å². The molecule has 0 radical (unpaired) electrons. The molecule has 27 heavy (non-hydrogen) atoms. The molecule has 10 heteroatoms. The number of carbonyl (C=O) groups excluding carboxylic acids is 3. The van der Waals surface area contributed by atoms with Crippen LogP contribution in [0.2, 0.25) is 0 Å². The summed E-state index contributed by atoms with van der Waals surface area (Å²) in [5.41, 5.74) is 7.48. The van der Waals surface area contributed by atoms with Crippen LogP contribution < -0.4 is 11.1 Å². The largest absolute Gasteiger partial charge is 0.363 e. The molecule has 0 spiro atoms. The molecule has 0 aromatic carbocycles. The molecule has 3 N–H and O–H groups in total. The first-order valence-corrected chi connectivity index (χ1v) is 8.89. The first-order valence-electron chi connectivity index (χ1n) is 7.94. The van der Waals surface area contributed by atoms with Crippen molar-refractivity contribution in [3.63, 3.8) is 0 Å². The number of hydrogen-bond acceptors (Lipinski definition) is 7. The van der Waals surface area contributed by atoms with Crippen LogP contribution >= 0.6 is 11.3 Å². The van der Waals surface area contributed by atoms with E-state index in [1.54, 1.807) is 46.8 Å². The number of primary amides is 1. The Hall–Kier alpha value is -3.40. The molecule has 0 fully saturated rings. The van der Waals surface area contributed by atoms with Crippen molar-refractivity contribution in [3.8, 4) is 5.82 Å². The zero-order valence-electron chi connectivity index (χ0n) is 14.3. The smallest absolute Gasteiger partial charge is 0.287 e. The third-order valence-electron chi connectivity index (χ3n) is 3.81. The highest BCUT2D eigenvalue weighted by molar-refractivity contribution is 7.07. The Morgan fingerprint density at radius 3 is 2.70 bits per heavy atom. The van der Waals surface area contributed by atoms with E-state index in [9.17, 15) is 14.4 Å². The summed E-state index contributed by atoms with van der Waals surface area (Å²) in [7, 11) is 0. The van der Waals surface area contributed by atoms with E-state index in [0.29, 0.717) is 17.3 Å². The number of imidazole rings is 1. The van der Waals surface area contributed by atoms with Crippen LogP contribution in [0.5, 0.6) is 0 Å². The lowest BCUT2D eigenvalue weighted by atomic mass is 10.1. The zero-order chi connectivity index (χ0) is 19.4. The van der Waals surface area contributed by atoms with E-state index in [1.165, 1.54) is 17.5 Å². The lowest BCUT2D eigenvalue weighted by Gasteiger charge is -2.16. The van der Waals surface area contributed by atoms with Gasteiger partial charge in [0.05, 0.1) is 17.4 Å². The van der Waals surface area contributed by atoms with E-state index in [-0.39, 0.29) is 12.1 Å². The van der Waals surface area contributed by atoms with E-state index in [0.717, 1.165) is 0 Å². The number of rotatable bonds is 7. The zero-order valence-corrected chi connectivity index (χ0v) is 15.1. The number of ketones is 1. The lowest BCUT2D eigenvalue weighted by Crippen LogP contribution is -2.47. The maximum Gasteiger partial charge on any atom is 0.287 e. The molecule has 3 aromatic rings. The molecule has 3 aromatic heterocycles. The first-order chi connectivity index (χ1) is 13.0. The van der Waals surface area contributed by atoms with Gasteiger partial charge in [-0.1, -0.05) is 6.07 Å². The average Bonchev–Trinajstić information content (AvgIpc) is 3.30. The second-order valence-electron chi connectivity index (χ2n) is 5.65. The fourth-order valence-corrected chi connectivity index (χ4v) is 3.11. The summed E-state index contributed by atoms with van der Waals surface area (Å²) in [6, 6.07) is 4.15. The third kappa shape index (κ3) is 4.06. The quantitative estimate of drug-likeness (QED) is 0.568. The number of aromatic nitrogens is 4. The summed E-state index contributed by atoms with van der Waals surface area (Å²) in [6.45, 7) is 1.73. The summed E-state index contributed by atoms with van der Waals surface area (Å²) < 4.78 is 1.56. The van der Waals surface area contributed by atoms with Gasteiger partial charge in [0.2, 0.25) is 5.78 Å². The van der Waals surface area contributed by atoms with Crippen molar-refractivity contribution in [3.05, 3.63) is 58.7 Å². The predicted molar refractivity (Wildman–Crippen MR) is 97.4 cm³/mol. The molecule has 2 amide bonds. The predicted octanol–water partition coefficient (Wildman–Crippen LogP) is 0.428. The molecule has 1 atom stereocenters. The van der Waals surface area contributed by atoms with Crippen molar-refractivity contribution in [2.45, 2.75) is 19.4 Å². The normalized spacial score (nSPS) is 11.7. The van der Waals surface area contributed by atoms with Crippen LogP contribution in [0.4, 0.5) is 0 Å². The van der Waals surface area contributed by atoms with Crippen molar-refractivity contribution in [1.82, 2.24) is 24.8 Å². The molecule has 0 saturated heterocycles. The summed E-state index contributed by atoms with van der Waals surface area (Å²) in [5.74, 6) is -1.52. The van der Waals surface area contributed by atoms with Gasteiger partial charge in [-0.05, 0) is 19.1 Å². The number of nitrogens with zero attached hydrogens (tertiary/aromatic N) is 4. The Morgan fingerprint density at radius 2 is 2.07 bits per heavy atom. The van der Waals surface area contributed by atoms with Gasteiger partial charge in [0.1, 0.15) is 23.4 Å². The van der Waals surface area contributed by atoms with E-state index in [2.05, 4.69) is 20.3 Å². The molecule has 0 bridgehead atoms. The Labute approximate surface area is 158 Å². The van der Waals surface area contributed by atoms with Gasteiger partial charge in [0.15, 0.2) is 0 Å². The standard InChI is InChI=1S/C17H16N6O3S/c1-10-20-7-13(23(10)14-4-2-3-5-19-14)17(26)22-12(15(24)16(18)25)6-11-8-27-9-21-11/h2-5,7-9,12H,6H2,1H3,(H2,18,25)(H,22,26). The molecule has 0 saturated carbocycles. The van der Waals surface area contributed by atoms with Crippen LogP contribution in [0.3, 0.4) is 0 Å². The van der Waals surface area contributed by atoms with Crippen molar-refractivity contribution in [2.75, 3.05) is 0 Å². The topological polar surface area (TPSA) is 133 Å². The molecule has 9 nitrogen and oxygen atoms in total. The molecular formula is C17H16N6O3S. The number of nitrogens with one attached hydrogen (secondary N) is 1. The van der Waals surface area contributed by atoms with E-state index in [4.69, 9.17) is 5.73 Å². The SMILES string of the molecule is Cc1ncc(C(=O)NC(Cc2cscn2)C(=O)C(N)=O)n1-c1ccccn1. The third-order valence-corrected chi connectivity index (χ3v) is 4.45. The number of carbonyl (C=O) groups is 3. The second kappa shape index (κ2) is 7.87. The minimum atomic E-state index is -1.12. The fraction of sp³-hybridized carbons (Fsp3) is 0.176. The number of pyridine rings is 1. The lowest BCUT2D eigenvalue weighted by molar-refractivity contribution is -0.137. The Kier molecular flexibility index (Phi) is 5.36. The summed E-state index contributed by atoms with van der Waals surface area (Å²) >= 11 is 1.35. The van der Waals surface area contributed by atoms with Crippen LogP contribution in [0.15, 0.2) is 41.5 Å². The molecular weight excluding hydrogens is 368 g/mol. The van der Waals surface area contributed by atoms with Crippen LogP contribution in [0.25, 0.3) is 5.82 Å². The monoisotopic (exact) mass is 384 g/mol. The molecule has 138 valence electrons. The summed E-state index contributed by atoms with van der Waals surface area (Å²) in [5, 5.41) is 4.29. The molecule has 0 aliphatic heterocycles. The van der Waals surface area contributed by atoms with Gasteiger partial charge in [-0.3, -0.25) is 19.0 Å². The van der Waals surface area contributed by atoms with E-state index < -0.39 is 23.6 Å². The number of thiazole rings is 1. The van der Waals surface area contributed by atoms with Gasteiger partial charge in [0, 0.05) is 18.0 Å². The number of amides is 2. The molecule has 1 unspecified atom stereocenters. The van der Waals surface area contributed by atoms with Gasteiger partial charge in [-0.15, -0.1) is 11.3 Å². The second-order valence-corrected chi connectivity index (χ2v) is 6.37. The van der Waals surface area contributed by atoms with E-state index in [1.807, 2.05) is 0 Å². The van der Waals surface area contributed by atoms with Gasteiger partial charge < -0.3 is 11.1 Å². The van der Waals surface area contributed by atoms with Crippen LogP contribution in [0.1, 0.15) is 22.0 Å². The van der Waals surface area contributed by atoms with Gasteiger partial charge >= 0.3 is 0 Å². The minimum absolute atomic E-state index is 0.0632. The highest BCUT2D eigenvalue weighted by Gasteiger charge is 2.28. The van der Waals surface area contributed by atoms with Crippen molar-refractivity contribution in [2.24, 2.45) is 5.73 Å².